The minimum Gasteiger partial charge on any atom is -0.351 e. The van der Waals surface area contributed by atoms with Crippen LogP contribution in [0.5, 0.6) is 0 Å². The molecule has 4 rings (SSSR count). The van der Waals surface area contributed by atoms with Gasteiger partial charge in [0.2, 0.25) is 5.78 Å². The number of nitrogens with zero attached hydrogens (tertiary/aromatic N) is 5. The van der Waals surface area contributed by atoms with E-state index in [0.717, 1.165) is 22.0 Å². The zero-order valence-electron chi connectivity index (χ0n) is 14.2. The van der Waals surface area contributed by atoms with Crippen LogP contribution in [0.25, 0.3) is 10.9 Å². The smallest absolute Gasteiger partial charge is 0.227 e. The highest BCUT2D eigenvalue weighted by molar-refractivity contribution is 6.31. The number of nitrogens with one attached hydrogen (secondary N) is 1. The lowest BCUT2D eigenvalue weighted by molar-refractivity contribution is 0.102. The average molecular weight is 367 g/mol. The van der Waals surface area contributed by atoms with Crippen LogP contribution in [0.2, 0.25) is 5.02 Å². The normalized spacial score (nSPS) is 11.2. The molecule has 0 unspecified atom stereocenters. The predicted octanol–water partition coefficient (Wildman–Crippen LogP) is 2.87. The highest BCUT2D eigenvalue weighted by Gasteiger charge is 2.22. The molecular formula is C18H15ClN6O. The molecule has 4 aromatic rings. The van der Waals surface area contributed by atoms with Gasteiger partial charge in [-0.05, 0) is 47.5 Å². The van der Waals surface area contributed by atoms with Gasteiger partial charge in [-0.15, -0.1) is 10.2 Å². The summed E-state index contributed by atoms with van der Waals surface area (Å²) >= 11 is 6.11. The molecule has 7 nitrogen and oxygen atoms in total. The SMILES string of the molecule is Cc1ccnc(C(=O)c2[nH]c3cc(Cl)ccc3c2Cc2nnn(C)n2)c1. The maximum absolute atomic E-state index is 13.1. The molecule has 1 aromatic carbocycles. The number of aromatic nitrogens is 6. The van der Waals surface area contributed by atoms with Gasteiger partial charge >= 0.3 is 0 Å². The summed E-state index contributed by atoms with van der Waals surface area (Å²) < 4.78 is 0. The third-order valence-corrected chi connectivity index (χ3v) is 4.36. The molecule has 3 aromatic heterocycles. The Bertz CT molecular complexity index is 1130. The number of benzene rings is 1. The molecule has 0 aliphatic rings. The molecule has 0 saturated carbocycles. The van der Waals surface area contributed by atoms with E-state index in [1.165, 1.54) is 4.80 Å². The summed E-state index contributed by atoms with van der Waals surface area (Å²) in [5, 5.41) is 13.6. The number of tetrazole rings is 1. The van der Waals surface area contributed by atoms with Crippen LogP contribution in [0.1, 0.15) is 33.1 Å². The van der Waals surface area contributed by atoms with E-state index in [2.05, 4.69) is 25.4 Å². The maximum atomic E-state index is 13.1. The minimum atomic E-state index is -0.181. The largest absolute Gasteiger partial charge is 0.351 e. The maximum Gasteiger partial charge on any atom is 0.227 e. The minimum absolute atomic E-state index is 0.181. The van der Waals surface area contributed by atoms with E-state index in [1.54, 1.807) is 31.4 Å². The van der Waals surface area contributed by atoms with E-state index in [0.29, 0.717) is 28.7 Å². The Morgan fingerprint density at radius 3 is 2.85 bits per heavy atom. The van der Waals surface area contributed by atoms with Crippen molar-refractivity contribution in [3.63, 3.8) is 0 Å². The van der Waals surface area contributed by atoms with Crippen LogP contribution in [0.3, 0.4) is 0 Å². The lowest BCUT2D eigenvalue weighted by atomic mass is 10.0. The Hall–Kier alpha value is -3.06. The van der Waals surface area contributed by atoms with Gasteiger partial charge in [-0.3, -0.25) is 9.78 Å². The molecule has 0 amide bonds. The van der Waals surface area contributed by atoms with Gasteiger partial charge in [0, 0.05) is 28.5 Å². The second kappa shape index (κ2) is 6.34. The van der Waals surface area contributed by atoms with Crippen molar-refractivity contribution in [2.75, 3.05) is 0 Å². The molecule has 0 saturated heterocycles. The number of hydrogen-bond donors (Lipinski definition) is 1. The van der Waals surface area contributed by atoms with Gasteiger partial charge in [0.1, 0.15) is 5.69 Å². The first kappa shape index (κ1) is 16.4. The van der Waals surface area contributed by atoms with Crippen molar-refractivity contribution in [1.29, 1.82) is 0 Å². The van der Waals surface area contributed by atoms with Crippen LogP contribution in [-0.4, -0.2) is 36.0 Å². The Morgan fingerprint density at radius 2 is 2.12 bits per heavy atom. The molecular weight excluding hydrogens is 352 g/mol. The summed E-state index contributed by atoms with van der Waals surface area (Å²) in [6.07, 6.45) is 2.01. The summed E-state index contributed by atoms with van der Waals surface area (Å²) in [4.78, 5) is 21.9. The van der Waals surface area contributed by atoms with E-state index >= 15 is 0 Å². The first-order valence-electron chi connectivity index (χ1n) is 8.01. The third kappa shape index (κ3) is 2.97. The van der Waals surface area contributed by atoms with E-state index in [1.807, 2.05) is 19.1 Å². The number of carbonyl (C=O) groups is 1. The first-order valence-corrected chi connectivity index (χ1v) is 8.39. The second-order valence-corrected chi connectivity index (χ2v) is 6.52. The summed E-state index contributed by atoms with van der Waals surface area (Å²) in [7, 11) is 1.70. The number of H-pyrrole nitrogens is 1. The molecule has 0 radical (unpaired) electrons. The second-order valence-electron chi connectivity index (χ2n) is 6.09. The first-order chi connectivity index (χ1) is 12.5. The number of halogens is 1. The lowest BCUT2D eigenvalue weighted by Gasteiger charge is -2.03. The highest BCUT2D eigenvalue weighted by atomic mass is 35.5. The van der Waals surface area contributed by atoms with E-state index in [9.17, 15) is 4.79 Å². The Kier molecular flexibility index (Phi) is 4.00. The fourth-order valence-corrected chi connectivity index (χ4v) is 3.12. The molecule has 1 N–H and O–H groups in total. The fourth-order valence-electron chi connectivity index (χ4n) is 2.95. The Balaban J connectivity index is 1.87. The van der Waals surface area contributed by atoms with E-state index < -0.39 is 0 Å². The average Bonchev–Trinajstić information content (AvgIpc) is 3.18. The Labute approximate surface area is 154 Å². The highest BCUT2D eigenvalue weighted by Crippen LogP contribution is 2.28. The number of ketones is 1. The van der Waals surface area contributed by atoms with Crippen molar-refractivity contribution in [2.24, 2.45) is 7.05 Å². The Morgan fingerprint density at radius 1 is 1.27 bits per heavy atom. The van der Waals surface area contributed by atoms with Gasteiger partial charge < -0.3 is 4.98 Å². The van der Waals surface area contributed by atoms with Gasteiger partial charge in [-0.25, -0.2) is 0 Å². The molecule has 0 atom stereocenters. The van der Waals surface area contributed by atoms with Crippen LogP contribution in [0.4, 0.5) is 0 Å². The van der Waals surface area contributed by atoms with Gasteiger partial charge in [0.25, 0.3) is 0 Å². The summed E-state index contributed by atoms with van der Waals surface area (Å²) in [5.74, 6) is 0.356. The molecule has 26 heavy (non-hydrogen) atoms. The van der Waals surface area contributed by atoms with Crippen molar-refractivity contribution in [3.05, 3.63) is 69.9 Å². The zero-order valence-corrected chi connectivity index (χ0v) is 14.9. The third-order valence-electron chi connectivity index (χ3n) is 4.13. The quantitative estimate of drug-likeness (QED) is 0.561. The van der Waals surface area contributed by atoms with E-state index in [-0.39, 0.29) is 5.78 Å². The summed E-state index contributed by atoms with van der Waals surface area (Å²) in [6, 6.07) is 9.10. The summed E-state index contributed by atoms with van der Waals surface area (Å²) in [6.45, 7) is 1.92. The standard InChI is InChI=1S/C18H15ClN6O/c1-10-5-6-20-15(7-10)18(26)17-13(9-16-22-24-25(2)23-16)12-4-3-11(19)8-14(12)21-17/h3-8,21H,9H2,1-2H3. The number of carbonyl (C=O) groups excluding carboxylic acids is 1. The van der Waals surface area contributed by atoms with Crippen molar-refractivity contribution >= 4 is 28.3 Å². The fraction of sp³-hybridized carbons (Fsp3) is 0.167. The number of aromatic amines is 1. The number of fused-ring (bicyclic) bond motifs is 1. The van der Waals surface area contributed by atoms with Crippen LogP contribution in [-0.2, 0) is 13.5 Å². The number of aryl methyl sites for hydroxylation is 2. The molecule has 0 aliphatic heterocycles. The lowest BCUT2D eigenvalue weighted by Crippen LogP contribution is -2.08. The molecule has 3 heterocycles. The predicted molar refractivity (Wildman–Crippen MR) is 97.3 cm³/mol. The summed E-state index contributed by atoms with van der Waals surface area (Å²) in [5.41, 5.74) is 3.41. The molecule has 0 fully saturated rings. The molecule has 0 bridgehead atoms. The van der Waals surface area contributed by atoms with Gasteiger partial charge in [-0.2, -0.15) is 4.80 Å². The van der Waals surface area contributed by atoms with Crippen LogP contribution < -0.4 is 0 Å². The number of rotatable bonds is 4. The molecule has 130 valence electrons. The number of hydrogen-bond acceptors (Lipinski definition) is 5. The van der Waals surface area contributed by atoms with Gasteiger partial charge in [0.15, 0.2) is 5.82 Å². The van der Waals surface area contributed by atoms with Crippen LogP contribution in [0, 0.1) is 6.92 Å². The zero-order chi connectivity index (χ0) is 18.3. The monoisotopic (exact) mass is 366 g/mol. The van der Waals surface area contributed by atoms with Crippen LogP contribution >= 0.6 is 11.6 Å². The number of pyridine rings is 1. The van der Waals surface area contributed by atoms with Crippen molar-refractivity contribution in [1.82, 2.24) is 30.2 Å². The molecule has 0 spiro atoms. The molecule has 0 aliphatic carbocycles. The van der Waals surface area contributed by atoms with Crippen LogP contribution in [0.15, 0.2) is 36.5 Å². The topological polar surface area (TPSA) is 89.4 Å². The van der Waals surface area contributed by atoms with Crippen molar-refractivity contribution in [2.45, 2.75) is 13.3 Å². The van der Waals surface area contributed by atoms with Gasteiger partial charge in [-0.1, -0.05) is 17.7 Å². The van der Waals surface area contributed by atoms with Crippen molar-refractivity contribution < 1.29 is 4.79 Å². The van der Waals surface area contributed by atoms with Crippen molar-refractivity contribution in [3.8, 4) is 0 Å². The van der Waals surface area contributed by atoms with E-state index in [4.69, 9.17) is 11.6 Å². The molecule has 8 heteroatoms. The van der Waals surface area contributed by atoms with Gasteiger partial charge in [0.05, 0.1) is 12.7 Å².